The van der Waals surface area contributed by atoms with E-state index in [0.29, 0.717) is 0 Å². The van der Waals surface area contributed by atoms with Crippen LogP contribution in [-0.4, -0.2) is 24.8 Å². The molecule has 0 spiro atoms. The number of fused-ring (bicyclic) bond motifs is 1. The molecule has 0 aromatic heterocycles. The lowest BCUT2D eigenvalue weighted by atomic mass is 10.1. The van der Waals surface area contributed by atoms with Crippen molar-refractivity contribution in [3.05, 3.63) is 65.7 Å². The van der Waals surface area contributed by atoms with Gasteiger partial charge in [-0.05, 0) is 66.9 Å². The minimum absolute atomic E-state index is 0.850. The first-order valence-electron chi connectivity index (χ1n) is 8.59. The Balaban J connectivity index is 1.87. The smallest absolute Gasteiger partial charge is 0.130 e. The fraction of sp³-hybridized carbons (Fsp3) is 0.227. The highest BCUT2D eigenvalue weighted by molar-refractivity contribution is 5.83. The molecular formula is C22H24N2O. The molecule has 0 aliphatic carbocycles. The van der Waals surface area contributed by atoms with Crippen molar-refractivity contribution in [2.24, 2.45) is 4.99 Å². The largest absolute Gasteiger partial charge is 0.457 e. The highest BCUT2D eigenvalue weighted by Gasteiger charge is 2.07. The molecule has 128 valence electrons. The molecule has 0 saturated heterocycles. The molecular weight excluding hydrogens is 308 g/mol. The van der Waals surface area contributed by atoms with Crippen LogP contribution < -0.4 is 4.74 Å². The molecule has 3 aromatic rings. The molecule has 0 unspecified atom stereocenters. The van der Waals surface area contributed by atoms with Gasteiger partial charge in [0.2, 0.25) is 0 Å². The third kappa shape index (κ3) is 4.00. The Kier molecular flexibility index (Phi) is 5.03. The number of hydrogen-bond acceptors (Lipinski definition) is 2. The van der Waals surface area contributed by atoms with Gasteiger partial charge in [-0.2, -0.15) is 0 Å². The molecule has 0 aliphatic rings. The van der Waals surface area contributed by atoms with Gasteiger partial charge >= 0.3 is 0 Å². The number of aliphatic imine (C=N–C) groups is 1. The maximum Gasteiger partial charge on any atom is 0.130 e. The van der Waals surface area contributed by atoms with E-state index in [9.17, 15) is 0 Å². The van der Waals surface area contributed by atoms with E-state index < -0.39 is 0 Å². The third-order valence-electron chi connectivity index (χ3n) is 4.33. The van der Waals surface area contributed by atoms with Crippen LogP contribution >= 0.6 is 0 Å². The second-order valence-corrected chi connectivity index (χ2v) is 6.33. The molecule has 3 aromatic carbocycles. The highest BCUT2D eigenvalue weighted by Crippen LogP contribution is 2.32. The number of hydrogen-bond donors (Lipinski definition) is 0. The Bertz CT molecular complexity index is 915. The minimum atomic E-state index is 0.850. The molecule has 25 heavy (non-hydrogen) atoms. The van der Waals surface area contributed by atoms with Crippen LogP contribution in [0.15, 0.2) is 59.6 Å². The van der Waals surface area contributed by atoms with Gasteiger partial charge in [0, 0.05) is 13.6 Å². The van der Waals surface area contributed by atoms with Crippen LogP contribution in [0.25, 0.3) is 10.8 Å². The van der Waals surface area contributed by atoms with E-state index in [1.165, 1.54) is 10.8 Å². The van der Waals surface area contributed by atoms with E-state index in [1.807, 2.05) is 36.5 Å². The Labute approximate surface area is 149 Å². The maximum absolute atomic E-state index is 6.14. The molecule has 0 radical (unpaired) electrons. The zero-order valence-corrected chi connectivity index (χ0v) is 15.3. The van der Waals surface area contributed by atoms with E-state index in [1.54, 1.807) is 0 Å². The summed E-state index contributed by atoms with van der Waals surface area (Å²) in [5.74, 6) is 1.72. The molecule has 0 fully saturated rings. The SMILES string of the molecule is CCN(C)C=Nc1cc(C)c(Oc2ccc3ccccc3c2)cc1C. The molecule has 0 saturated carbocycles. The lowest BCUT2D eigenvalue weighted by Gasteiger charge is -2.13. The van der Waals surface area contributed by atoms with E-state index in [-0.39, 0.29) is 0 Å². The van der Waals surface area contributed by atoms with Crippen molar-refractivity contribution >= 4 is 22.8 Å². The summed E-state index contributed by atoms with van der Waals surface area (Å²) in [5, 5.41) is 2.39. The van der Waals surface area contributed by atoms with Crippen LogP contribution in [0.4, 0.5) is 5.69 Å². The maximum atomic E-state index is 6.14. The average Bonchev–Trinajstić information content (AvgIpc) is 2.63. The van der Waals surface area contributed by atoms with Gasteiger partial charge in [0.25, 0.3) is 0 Å². The van der Waals surface area contributed by atoms with Crippen LogP contribution in [0.1, 0.15) is 18.1 Å². The first-order valence-corrected chi connectivity index (χ1v) is 8.59. The van der Waals surface area contributed by atoms with Gasteiger partial charge in [0.1, 0.15) is 11.5 Å². The van der Waals surface area contributed by atoms with Crippen LogP contribution in [-0.2, 0) is 0 Å². The Morgan fingerprint density at radius 2 is 1.72 bits per heavy atom. The van der Waals surface area contributed by atoms with Gasteiger partial charge in [-0.15, -0.1) is 0 Å². The van der Waals surface area contributed by atoms with Crippen molar-refractivity contribution < 1.29 is 4.74 Å². The molecule has 3 heteroatoms. The van der Waals surface area contributed by atoms with Crippen molar-refractivity contribution in [2.45, 2.75) is 20.8 Å². The number of rotatable bonds is 5. The summed E-state index contributed by atoms with van der Waals surface area (Å²) in [6.45, 7) is 7.15. The van der Waals surface area contributed by atoms with E-state index in [0.717, 1.165) is 34.9 Å². The van der Waals surface area contributed by atoms with Crippen molar-refractivity contribution in [3.8, 4) is 11.5 Å². The summed E-state index contributed by atoms with van der Waals surface area (Å²) in [5.41, 5.74) is 3.15. The summed E-state index contributed by atoms with van der Waals surface area (Å²) < 4.78 is 6.14. The van der Waals surface area contributed by atoms with Gasteiger partial charge < -0.3 is 9.64 Å². The van der Waals surface area contributed by atoms with Gasteiger partial charge in [0.15, 0.2) is 0 Å². The number of benzene rings is 3. The zero-order valence-electron chi connectivity index (χ0n) is 15.3. The van der Waals surface area contributed by atoms with Crippen molar-refractivity contribution in [1.29, 1.82) is 0 Å². The Morgan fingerprint density at radius 1 is 0.960 bits per heavy atom. The minimum Gasteiger partial charge on any atom is -0.457 e. The second kappa shape index (κ2) is 7.39. The van der Waals surface area contributed by atoms with Gasteiger partial charge in [-0.25, -0.2) is 4.99 Å². The van der Waals surface area contributed by atoms with E-state index in [4.69, 9.17) is 4.74 Å². The first-order chi connectivity index (χ1) is 12.1. The average molecular weight is 332 g/mol. The lowest BCUT2D eigenvalue weighted by Crippen LogP contribution is -2.14. The van der Waals surface area contributed by atoms with Gasteiger partial charge in [-0.1, -0.05) is 30.3 Å². The van der Waals surface area contributed by atoms with Gasteiger partial charge in [0.05, 0.1) is 12.0 Å². The Hall–Kier alpha value is -2.81. The molecule has 3 rings (SSSR count). The van der Waals surface area contributed by atoms with E-state index in [2.05, 4.69) is 62.2 Å². The zero-order chi connectivity index (χ0) is 17.8. The highest BCUT2D eigenvalue weighted by atomic mass is 16.5. The predicted molar refractivity (Wildman–Crippen MR) is 106 cm³/mol. The standard InChI is InChI=1S/C22H24N2O/c1-5-24(4)15-23-21-12-17(3)22(13-16(21)2)25-20-11-10-18-8-6-7-9-19(18)14-20/h6-15H,5H2,1-4H3. The fourth-order valence-electron chi connectivity index (χ4n) is 2.62. The normalized spacial score (nSPS) is 11.2. The summed E-state index contributed by atoms with van der Waals surface area (Å²) in [6.07, 6.45) is 1.87. The van der Waals surface area contributed by atoms with E-state index >= 15 is 0 Å². The number of ether oxygens (including phenoxy) is 1. The lowest BCUT2D eigenvalue weighted by molar-refractivity contribution is 0.479. The van der Waals surface area contributed by atoms with Crippen LogP contribution in [0.3, 0.4) is 0 Å². The number of aryl methyl sites for hydroxylation is 2. The van der Waals surface area contributed by atoms with Crippen LogP contribution in [0.2, 0.25) is 0 Å². The van der Waals surface area contributed by atoms with Crippen molar-refractivity contribution in [2.75, 3.05) is 13.6 Å². The second-order valence-electron chi connectivity index (χ2n) is 6.33. The summed E-state index contributed by atoms with van der Waals surface area (Å²) >= 11 is 0. The van der Waals surface area contributed by atoms with Crippen molar-refractivity contribution in [3.63, 3.8) is 0 Å². The quantitative estimate of drug-likeness (QED) is 0.432. The molecule has 0 amide bonds. The first kappa shape index (κ1) is 17.0. The summed E-state index contributed by atoms with van der Waals surface area (Å²) in [7, 11) is 2.02. The van der Waals surface area contributed by atoms with Crippen LogP contribution in [0.5, 0.6) is 11.5 Å². The predicted octanol–water partition coefficient (Wildman–Crippen LogP) is 5.86. The topological polar surface area (TPSA) is 24.8 Å². The van der Waals surface area contributed by atoms with Crippen LogP contribution in [0, 0.1) is 13.8 Å². The summed E-state index contributed by atoms with van der Waals surface area (Å²) in [4.78, 5) is 6.62. The fourth-order valence-corrected chi connectivity index (χ4v) is 2.62. The molecule has 0 N–H and O–H groups in total. The monoisotopic (exact) mass is 332 g/mol. The molecule has 3 nitrogen and oxygen atoms in total. The van der Waals surface area contributed by atoms with Crippen molar-refractivity contribution in [1.82, 2.24) is 4.90 Å². The molecule has 0 aliphatic heterocycles. The third-order valence-corrected chi connectivity index (χ3v) is 4.33. The number of nitrogens with zero attached hydrogens (tertiary/aromatic N) is 2. The molecule has 0 atom stereocenters. The molecule has 0 bridgehead atoms. The summed E-state index contributed by atoms with van der Waals surface area (Å²) in [6, 6.07) is 18.6. The molecule has 0 heterocycles. The van der Waals surface area contributed by atoms with Gasteiger partial charge in [-0.3, -0.25) is 0 Å². The Morgan fingerprint density at radius 3 is 2.48 bits per heavy atom.